The van der Waals surface area contributed by atoms with Crippen LogP contribution in [-0.4, -0.2) is 62.8 Å². The monoisotopic (exact) mass is 525 g/mol. The van der Waals surface area contributed by atoms with Crippen molar-refractivity contribution in [2.45, 2.75) is 58.3 Å². The summed E-state index contributed by atoms with van der Waals surface area (Å²) in [4.78, 5) is 60.7. The van der Waals surface area contributed by atoms with E-state index in [1.54, 1.807) is 27.7 Å². The number of hydrogen-bond acceptors (Lipinski definition) is 10. The number of rotatable bonds is 11. The van der Waals surface area contributed by atoms with E-state index in [1.165, 1.54) is 31.4 Å². The van der Waals surface area contributed by atoms with Gasteiger partial charge < -0.3 is 14.2 Å². The number of nitrogens with zero attached hydrogens (tertiary/aromatic N) is 1. The van der Waals surface area contributed by atoms with Crippen LogP contribution in [0.15, 0.2) is 29.2 Å². The minimum atomic E-state index is -4.26. The quantitative estimate of drug-likeness (QED) is 0.239. The number of benzene rings is 1. The van der Waals surface area contributed by atoms with Gasteiger partial charge in [-0.15, -0.1) is 0 Å². The van der Waals surface area contributed by atoms with Gasteiger partial charge in [0.25, 0.3) is 15.9 Å². The molecule has 2 amide bonds. The third-order valence-electron chi connectivity index (χ3n) is 5.57. The smallest absolute Gasteiger partial charge is 0.311 e. The zero-order valence-corrected chi connectivity index (χ0v) is 21.8. The van der Waals surface area contributed by atoms with Crippen molar-refractivity contribution in [1.29, 1.82) is 0 Å². The first-order valence-electron chi connectivity index (χ1n) is 11.3. The standard InChI is InChI=1S/C24H31NO10S/c1-23(2,21(29)33-5)15-24(3,4)22(30)35-14-13-34-19(27)12-8-11-18(26)25-20(28)16-9-6-7-10-17(16)36(25,31)32/h6-7,9-10H,8,11-15H2,1-5H3. The molecule has 0 saturated heterocycles. The maximum absolute atomic E-state index is 12.5. The first kappa shape index (κ1) is 29.0. The molecule has 0 aliphatic carbocycles. The first-order valence-corrected chi connectivity index (χ1v) is 12.7. The SMILES string of the molecule is COC(=O)C(C)(C)CC(C)(C)C(=O)OCCOC(=O)CCCC(=O)N1C(=O)c2ccccc2S1(=O)=O. The summed E-state index contributed by atoms with van der Waals surface area (Å²) in [5.41, 5.74) is -1.96. The second kappa shape index (κ2) is 11.2. The van der Waals surface area contributed by atoms with Gasteiger partial charge in [-0.3, -0.25) is 24.0 Å². The highest BCUT2D eigenvalue weighted by atomic mass is 32.2. The number of hydrogen-bond donors (Lipinski definition) is 0. The lowest BCUT2D eigenvalue weighted by Gasteiger charge is -2.31. The minimum absolute atomic E-state index is 0.0389. The Morgan fingerprint density at radius 3 is 2.08 bits per heavy atom. The maximum atomic E-state index is 12.5. The Morgan fingerprint density at radius 1 is 0.889 bits per heavy atom. The van der Waals surface area contributed by atoms with E-state index in [1.807, 2.05) is 0 Å². The predicted octanol–water partition coefficient (Wildman–Crippen LogP) is 2.23. The molecular weight excluding hydrogens is 494 g/mol. The molecule has 1 heterocycles. The molecule has 36 heavy (non-hydrogen) atoms. The predicted molar refractivity (Wildman–Crippen MR) is 125 cm³/mol. The molecule has 1 aromatic rings. The van der Waals surface area contributed by atoms with Crippen LogP contribution >= 0.6 is 0 Å². The Labute approximate surface area is 210 Å². The molecular formula is C24H31NO10S. The van der Waals surface area contributed by atoms with Crippen LogP contribution in [0.3, 0.4) is 0 Å². The van der Waals surface area contributed by atoms with Crippen molar-refractivity contribution in [3.63, 3.8) is 0 Å². The fourth-order valence-corrected chi connectivity index (χ4v) is 5.56. The molecule has 0 spiro atoms. The number of imide groups is 1. The van der Waals surface area contributed by atoms with Crippen LogP contribution in [-0.2, 0) is 43.4 Å². The Bertz CT molecular complexity index is 1150. The van der Waals surface area contributed by atoms with Crippen LogP contribution < -0.4 is 0 Å². The second-order valence-corrected chi connectivity index (χ2v) is 11.4. The molecule has 0 radical (unpaired) electrons. The Kier molecular flexibility index (Phi) is 9.00. The van der Waals surface area contributed by atoms with Gasteiger partial charge in [0.05, 0.1) is 23.5 Å². The van der Waals surface area contributed by atoms with Gasteiger partial charge in [-0.25, -0.2) is 8.42 Å². The fraction of sp³-hybridized carbons (Fsp3) is 0.542. The lowest BCUT2D eigenvalue weighted by atomic mass is 9.75. The van der Waals surface area contributed by atoms with Crippen LogP contribution in [0.25, 0.3) is 0 Å². The molecule has 12 heteroatoms. The van der Waals surface area contributed by atoms with Crippen molar-refractivity contribution in [1.82, 2.24) is 4.31 Å². The molecule has 1 aliphatic heterocycles. The molecule has 11 nitrogen and oxygen atoms in total. The van der Waals surface area contributed by atoms with Gasteiger partial charge in [0.2, 0.25) is 5.91 Å². The van der Waals surface area contributed by atoms with E-state index in [2.05, 4.69) is 0 Å². The Hall–Kier alpha value is -3.28. The minimum Gasteiger partial charge on any atom is -0.469 e. The molecule has 0 atom stereocenters. The number of ether oxygens (including phenoxy) is 3. The highest BCUT2D eigenvalue weighted by Crippen LogP contribution is 2.35. The normalized spacial score (nSPS) is 14.7. The largest absolute Gasteiger partial charge is 0.469 e. The molecule has 0 bridgehead atoms. The number of esters is 3. The number of carbonyl (C=O) groups excluding carboxylic acids is 5. The van der Waals surface area contributed by atoms with Gasteiger partial charge >= 0.3 is 17.9 Å². The number of sulfonamides is 1. The fourth-order valence-electron chi connectivity index (χ4n) is 4.00. The van der Waals surface area contributed by atoms with Gasteiger partial charge in [-0.05, 0) is 52.7 Å². The molecule has 198 valence electrons. The van der Waals surface area contributed by atoms with E-state index >= 15 is 0 Å². The van der Waals surface area contributed by atoms with E-state index in [0.717, 1.165) is 0 Å². The van der Waals surface area contributed by atoms with Crippen molar-refractivity contribution in [3.8, 4) is 0 Å². The number of fused-ring (bicyclic) bond motifs is 1. The van der Waals surface area contributed by atoms with E-state index in [0.29, 0.717) is 0 Å². The van der Waals surface area contributed by atoms with Crippen molar-refractivity contribution >= 4 is 39.7 Å². The van der Waals surface area contributed by atoms with Crippen molar-refractivity contribution in [2.75, 3.05) is 20.3 Å². The molecule has 0 fully saturated rings. The van der Waals surface area contributed by atoms with Crippen molar-refractivity contribution in [2.24, 2.45) is 10.8 Å². The zero-order valence-electron chi connectivity index (χ0n) is 21.0. The molecule has 0 N–H and O–H groups in total. The molecule has 0 unspecified atom stereocenters. The lowest BCUT2D eigenvalue weighted by Crippen LogP contribution is -2.37. The number of carbonyl (C=O) groups is 5. The molecule has 0 saturated carbocycles. The van der Waals surface area contributed by atoms with E-state index in [9.17, 15) is 32.4 Å². The Balaban J connectivity index is 1.74. The van der Waals surface area contributed by atoms with Gasteiger partial charge in [-0.2, -0.15) is 4.31 Å². The third kappa shape index (κ3) is 6.48. The summed E-state index contributed by atoms with van der Waals surface area (Å²) in [7, 11) is -2.99. The highest BCUT2D eigenvalue weighted by molar-refractivity contribution is 7.90. The Morgan fingerprint density at radius 2 is 1.47 bits per heavy atom. The summed E-state index contributed by atoms with van der Waals surface area (Å²) < 4.78 is 40.1. The average Bonchev–Trinajstić information content (AvgIpc) is 3.00. The van der Waals surface area contributed by atoms with Crippen molar-refractivity contribution < 1.29 is 46.6 Å². The van der Waals surface area contributed by atoms with Crippen LogP contribution in [0.1, 0.15) is 63.7 Å². The summed E-state index contributed by atoms with van der Waals surface area (Å²) in [6.07, 6.45) is -0.414. The van der Waals surface area contributed by atoms with Gasteiger partial charge in [0.15, 0.2) is 0 Å². The summed E-state index contributed by atoms with van der Waals surface area (Å²) >= 11 is 0. The first-order chi connectivity index (χ1) is 16.6. The van der Waals surface area contributed by atoms with E-state index in [4.69, 9.17) is 14.2 Å². The molecule has 0 aromatic heterocycles. The molecule has 1 aliphatic rings. The second-order valence-electron chi connectivity index (χ2n) is 9.61. The van der Waals surface area contributed by atoms with Crippen LogP contribution in [0.4, 0.5) is 0 Å². The summed E-state index contributed by atoms with van der Waals surface area (Å²) in [6.45, 7) is 6.16. The van der Waals surface area contributed by atoms with Gasteiger partial charge in [0.1, 0.15) is 18.1 Å². The summed E-state index contributed by atoms with van der Waals surface area (Å²) in [5.74, 6) is -3.55. The lowest BCUT2D eigenvalue weighted by molar-refractivity contribution is -0.163. The average molecular weight is 526 g/mol. The number of amides is 2. The maximum Gasteiger partial charge on any atom is 0.311 e. The zero-order chi connectivity index (χ0) is 27.3. The van der Waals surface area contributed by atoms with E-state index in [-0.39, 0.29) is 53.7 Å². The summed E-state index contributed by atoms with van der Waals surface area (Å²) in [6, 6.07) is 5.53. The van der Waals surface area contributed by atoms with Crippen LogP contribution in [0.2, 0.25) is 0 Å². The van der Waals surface area contributed by atoms with Crippen LogP contribution in [0.5, 0.6) is 0 Å². The highest BCUT2D eigenvalue weighted by Gasteiger charge is 2.44. The van der Waals surface area contributed by atoms with Crippen molar-refractivity contribution in [3.05, 3.63) is 29.8 Å². The van der Waals surface area contributed by atoms with Gasteiger partial charge in [0, 0.05) is 12.8 Å². The summed E-state index contributed by atoms with van der Waals surface area (Å²) in [5, 5.41) is 0. The molecule has 2 rings (SSSR count). The number of methoxy groups -OCH3 is 1. The topological polar surface area (TPSA) is 150 Å². The van der Waals surface area contributed by atoms with Gasteiger partial charge in [-0.1, -0.05) is 12.1 Å². The van der Waals surface area contributed by atoms with E-state index < -0.39 is 50.6 Å². The molecule has 1 aromatic carbocycles. The van der Waals surface area contributed by atoms with Crippen LogP contribution in [0, 0.1) is 10.8 Å². The third-order valence-corrected chi connectivity index (χ3v) is 7.33.